The van der Waals surface area contributed by atoms with E-state index in [0.717, 1.165) is 0 Å². The lowest BCUT2D eigenvalue weighted by molar-refractivity contribution is -0.141. The van der Waals surface area contributed by atoms with E-state index in [-0.39, 0.29) is 18.4 Å². The fourth-order valence-electron chi connectivity index (χ4n) is 1.48. The average Bonchev–Trinajstić information content (AvgIpc) is 2.38. The van der Waals surface area contributed by atoms with Crippen LogP contribution in [0.5, 0.6) is 0 Å². The van der Waals surface area contributed by atoms with Crippen molar-refractivity contribution in [1.29, 1.82) is 0 Å². The van der Waals surface area contributed by atoms with Gasteiger partial charge in [0, 0.05) is 27.3 Å². The molecule has 0 spiro atoms. The van der Waals surface area contributed by atoms with Gasteiger partial charge in [-0.25, -0.2) is 4.98 Å². The third-order valence-corrected chi connectivity index (χ3v) is 2.46. The Morgan fingerprint density at radius 1 is 1.26 bits per heavy atom. The molecule has 104 valence electrons. The number of hydrogen-bond acceptors (Lipinski definition) is 5. The molecule has 1 rings (SSSR count). The third kappa shape index (κ3) is 4.24. The average molecular weight is 265 g/mol. The molecule has 0 aliphatic heterocycles. The van der Waals surface area contributed by atoms with E-state index >= 15 is 0 Å². The number of nitrogens with zero attached hydrogens (tertiary/aromatic N) is 3. The molecule has 0 bridgehead atoms. The normalized spacial score (nSPS) is 9.89. The van der Waals surface area contributed by atoms with Crippen molar-refractivity contribution in [2.24, 2.45) is 0 Å². The summed E-state index contributed by atoms with van der Waals surface area (Å²) in [6.45, 7) is 2.25. The van der Waals surface area contributed by atoms with Gasteiger partial charge in [-0.2, -0.15) is 0 Å². The van der Waals surface area contributed by atoms with Crippen LogP contribution in [0.15, 0.2) is 18.3 Å². The molecule has 0 aromatic carbocycles. The van der Waals surface area contributed by atoms with Gasteiger partial charge in [-0.05, 0) is 19.1 Å². The van der Waals surface area contributed by atoms with E-state index in [1.807, 2.05) is 0 Å². The molecule has 6 nitrogen and oxygen atoms in total. The molecule has 0 atom stereocenters. The Bertz CT molecular complexity index is 443. The minimum absolute atomic E-state index is 0.105. The van der Waals surface area contributed by atoms with Crippen LogP contribution in [0.1, 0.15) is 17.3 Å². The first kappa shape index (κ1) is 14.9. The monoisotopic (exact) mass is 265 g/mol. The van der Waals surface area contributed by atoms with Gasteiger partial charge in [-0.1, -0.05) is 0 Å². The van der Waals surface area contributed by atoms with Gasteiger partial charge in [0.25, 0.3) is 5.91 Å². The second kappa shape index (κ2) is 6.72. The minimum atomic E-state index is -0.305. The summed E-state index contributed by atoms with van der Waals surface area (Å²) in [5, 5.41) is 0. The Labute approximate surface area is 113 Å². The van der Waals surface area contributed by atoms with E-state index < -0.39 is 0 Å². The van der Waals surface area contributed by atoms with Crippen LogP contribution >= 0.6 is 0 Å². The Balaban J connectivity index is 2.70. The SMILES string of the molecule is CCOC(=O)CN(C)c1ccc(C(=O)N(C)C)cn1. The summed E-state index contributed by atoms with van der Waals surface area (Å²) in [6, 6.07) is 3.39. The third-order valence-electron chi connectivity index (χ3n) is 2.46. The van der Waals surface area contributed by atoms with Crippen molar-refractivity contribution in [1.82, 2.24) is 9.88 Å². The number of carbonyl (C=O) groups is 2. The first-order chi connectivity index (χ1) is 8.95. The fraction of sp³-hybridized carbons (Fsp3) is 0.462. The van der Waals surface area contributed by atoms with Crippen molar-refractivity contribution in [3.63, 3.8) is 0 Å². The molecular weight excluding hydrogens is 246 g/mol. The highest BCUT2D eigenvalue weighted by molar-refractivity contribution is 5.93. The van der Waals surface area contributed by atoms with Crippen molar-refractivity contribution < 1.29 is 14.3 Å². The van der Waals surface area contributed by atoms with E-state index in [4.69, 9.17) is 4.74 Å². The van der Waals surface area contributed by atoms with Crippen LogP contribution in [0.25, 0.3) is 0 Å². The van der Waals surface area contributed by atoms with Crippen LogP contribution in [-0.4, -0.2) is 56.1 Å². The van der Waals surface area contributed by atoms with E-state index in [1.165, 1.54) is 11.1 Å². The highest BCUT2D eigenvalue weighted by Gasteiger charge is 2.11. The molecule has 0 aliphatic rings. The number of hydrogen-bond donors (Lipinski definition) is 0. The molecule has 0 radical (unpaired) electrons. The van der Waals surface area contributed by atoms with Gasteiger partial charge in [-0.15, -0.1) is 0 Å². The van der Waals surface area contributed by atoms with E-state index in [0.29, 0.717) is 18.0 Å². The molecule has 0 fully saturated rings. The second-order valence-electron chi connectivity index (χ2n) is 4.27. The smallest absolute Gasteiger partial charge is 0.325 e. The van der Waals surface area contributed by atoms with Crippen molar-refractivity contribution in [3.05, 3.63) is 23.9 Å². The molecule has 0 saturated carbocycles. The number of likely N-dealkylation sites (N-methyl/N-ethyl adjacent to an activating group) is 1. The second-order valence-corrected chi connectivity index (χ2v) is 4.27. The van der Waals surface area contributed by atoms with Crippen molar-refractivity contribution in [2.45, 2.75) is 6.92 Å². The summed E-state index contributed by atoms with van der Waals surface area (Å²) in [5.74, 6) is 0.204. The summed E-state index contributed by atoms with van der Waals surface area (Å²) < 4.78 is 4.86. The van der Waals surface area contributed by atoms with E-state index in [9.17, 15) is 9.59 Å². The number of rotatable bonds is 5. The van der Waals surface area contributed by atoms with Crippen LogP contribution in [0.3, 0.4) is 0 Å². The number of ether oxygens (including phenoxy) is 1. The Morgan fingerprint density at radius 2 is 1.95 bits per heavy atom. The zero-order chi connectivity index (χ0) is 14.4. The van der Waals surface area contributed by atoms with Gasteiger partial charge in [0.05, 0.1) is 12.2 Å². The molecular formula is C13H19N3O3. The van der Waals surface area contributed by atoms with Crippen LogP contribution < -0.4 is 4.90 Å². The van der Waals surface area contributed by atoms with Gasteiger partial charge in [-0.3, -0.25) is 9.59 Å². The molecule has 0 aliphatic carbocycles. The first-order valence-electron chi connectivity index (χ1n) is 6.00. The van der Waals surface area contributed by atoms with Gasteiger partial charge in [0.15, 0.2) is 0 Å². The zero-order valence-electron chi connectivity index (χ0n) is 11.7. The van der Waals surface area contributed by atoms with Crippen molar-refractivity contribution >= 4 is 17.7 Å². The first-order valence-corrected chi connectivity index (χ1v) is 6.00. The number of amides is 1. The maximum Gasteiger partial charge on any atom is 0.325 e. The summed E-state index contributed by atoms with van der Waals surface area (Å²) in [6.07, 6.45) is 1.50. The fourth-order valence-corrected chi connectivity index (χ4v) is 1.48. The lowest BCUT2D eigenvalue weighted by Gasteiger charge is -2.17. The van der Waals surface area contributed by atoms with Crippen molar-refractivity contribution in [2.75, 3.05) is 39.2 Å². The quantitative estimate of drug-likeness (QED) is 0.736. The molecule has 19 heavy (non-hydrogen) atoms. The number of pyridine rings is 1. The van der Waals surface area contributed by atoms with Gasteiger partial charge in [0.1, 0.15) is 12.4 Å². The molecule has 1 amide bonds. The molecule has 0 unspecified atom stereocenters. The summed E-state index contributed by atoms with van der Waals surface area (Å²) in [7, 11) is 5.11. The van der Waals surface area contributed by atoms with Gasteiger partial charge < -0.3 is 14.5 Å². The van der Waals surface area contributed by atoms with E-state index in [1.54, 1.807) is 45.1 Å². The van der Waals surface area contributed by atoms with Crippen LogP contribution in [-0.2, 0) is 9.53 Å². The topological polar surface area (TPSA) is 62.7 Å². The predicted molar refractivity (Wildman–Crippen MR) is 72.2 cm³/mol. The number of carbonyl (C=O) groups excluding carboxylic acids is 2. The predicted octanol–water partition coefficient (Wildman–Crippen LogP) is 0.783. The highest BCUT2D eigenvalue weighted by Crippen LogP contribution is 2.10. The Hall–Kier alpha value is -2.11. The number of esters is 1. The molecule has 1 aromatic rings. The van der Waals surface area contributed by atoms with Gasteiger partial charge in [0.2, 0.25) is 0 Å². The molecule has 1 heterocycles. The van der Waals surface area contributed by atoms with Gasteiger partial charge >= 0.3 is 5.97 Å². The molecule has 0 saturated heterocycles. The van der Waals surface area contributed by atoms with E-state index in [2.05, 4.69) is 4.98 Å². The molecule has 6 heteroatoms. The number of anilines is 1. The standard InChI is InChI=1S/C13H19N3O3/c1-5-19-12(17)9-16(4)11-7-6-10(8-14-11)13(18)15(2)3/h6-8H,5,9H2,1-4H3. The zero-order valence-corrected chi connectivity index (χ0v) is 11.7. The molecule has 1 aromatic heterocycles. The Morgan fingerprint density at radius 3 is 2.42 bits per heavy atom. The lowest BCUT2D eigenvalue weighted by Crippen LogP contribution is -2.28. The summed E-state index contributed by atoms with van der Waals surface area (Å²) in [5.41, 5.74) is 0.512. The summed E-state index contributed by atoms with van der Waals surface area (Å²) in [4.78, 5) is 30.3. The number of aromatic nitrogens is 1. The van der Waals surface area contributed by atoms with Crippen LogP contribution in [0.4, 0.5) is 5.82 Å². The Kier molecular flexibility index (Phi) is 5.29. The summed E-state index contributed by atoms with van der Waals surface area (Å²) >= 11 is 0. The minimum Gasteiger partial charge on any atom is -0.465 e. The maximum absolute atomic E-state index is 11.7. The van der Waals surface area contributed by atoms with Crippen molar-refractivity contribution in [3.8, 4) is 0 Å². The van der Waals surface area contributed by atoms with Crippen LogP contribution in [0, 0.1) is 0 Å². The molecule has 0 N–H and O–H groups in total. The lowest BCUT2D eigenvalue weighted by atomic mass is 10.2. The maximum atomic E-state index is 11.7. The van der Waals surface area contributed by atoms with Crippen LogP contribution in [0.2, 0.25) is 0 Å². The highest BCUT2D eigenvalue weighted by atomic mass is 16.5. The largest absolute Gasteiger partial charge is 0.465 e.